The molecule has 2 unspecified atom stereocenters. The summed E-state index contributed by atoms with van der Waals surface area (Å²) in [5, 5.41) is 13.8. The number of nitrogens with one attached hydrogen (secondary N) is 1. The molecular formula is C15H23N3O2S. The lowest BCUT2D eigenvalue weighted by Gasteiger charge is -2.22. The highest BCUT2D eigenvalue weighted by Crippen LogP contribution is 2.22. The summed E-state index contributed by atoms with van der Waals surface area (Å²) in [6.45, 7) is 3.65. The van der Waals surface area contributed by atoms with Crippen LogP contribution in [0.5, 0.6) is 0 Å². The largest absolute Gasteiger partial charge is 0.391 e. The van der Waals surface area contributed by atoms with Crippen molar-refractivity contribution in [2.45, 2.75) is 63.1 Å². The molecule has 0 spiro atoms. The number of thioether (sulfide) groups is 1. The zero-order valence-electron chi connectivity index (χ0n) is 12.8. The van der Waals surface area contributed by atoms with Crippen LogP contribution < -0.4 is 5.32 Å². The number of aromatic nitrogens is 2. The first kappa shape index (κ1) is 16.2. The molecule has 0 aromatic carbocycles. The molecule has 1 saturated carbocycles. The maximum absolute atomic E-state index is 12.6. The van der Waals surface area contributed by atoms with E-state index in [0.29, 0.717) is 22.1 Å². The van der Waals surface area contributed by atoms with Crippen LogP contribution in [0.1, 0.15) is 54.0 Å². The fourth-order valence-corrected chi connectivity index (χ4v) is 3.46. The van der Waals surface area contributed by atoms with Crippen LogP contribution in [0.3, 0.4) is 0 Å². The smallest absolute Gasteiger partial charge is 0.256 e. The first-order valence-electron chi connectivity index (χ1n) is 7.41. The Morgan fingerprint density at radius 1 is 1.24 bits per heavy atom. The average Bonchev–Trinajstić information content (AvgIpc) is 2.63. The molecule has 21 heavy (non-hydrogen) atoms. The first-order chi connectivity index (χ1) is 10.0. The molecular weight excluding hydrogens is 286 g/mol. The van der Waals surface area contributed by atoms with Gasteiger partial charge in [0, 0.05) is 0 Å². The van der Waals surface area contributed by atoms with Crippen LogP contribution in [0.4, 0.5) is 0 Å². The number of nitrogens with zero attached hydrogens (tertiary/aromatic N) is 2. The number of carbonyl (C=O) groups excluding carboxylic acids is 1. The van der Waals surface area contributed by atoms with E-state index in [1.807, 2.05) is 20.1 Å². The van der Waals surface area contributed by atoms with Crippen LogP contribution in [0, 0.1) is 13.8 Å². The van der Waals surface area contributed by atoms with E-state index in [2.05, 4.69) is 15.3 Å². The number of rotatable bonds is 3. The second kappa shape index (κ2) is 7.22. The van der Waals surface area contributed by atoms with E-state index in [0.717, 1.165) is 32.1 Å². The van der Waals surface area contributed by atoms with Gasteiger partial charge in [0.25, 0.3) is 5.91 Å². The van der Waals surface area contributed by atoms with E-state index in [1.54, 1.807) is 0 Å². The number of amides is 1. The van der Waals surface area contributed by atoms with Crippen molar-refractivity contribution in [3.8, 4) is 0 Å². The Morgan fingerprint density at radius 3 is 2.67 bits per heavy atom. The minimum absolute atomic E-state index is 0.171. The van der Waals surface area contributed by atoms with Crippen LogP contribution in [0.2, 0.25) is 0 Å². The lowest BCUT2D eigenvalue weighted by molar-refractivity contribution is 0.0814. The zero-order chi connectivity index (χ0) is 15.4. The third-order valence-corrected chi connectivity index (χ3v) is 4.57. The number of carbonyl (C=O) groups is 1. The average molecular weight is 309 g/mol. The highest BCUT2D eigenvalue weighted by Gasteiger charge is 2.26. The highest BCUT2D eigenvalue weighted by molar-refractivity contribution is 7.98. The van der Waals surface area contributed by atoms with Gasteiger partial charge in [-0.1, -0.05) is 19.3 Å². The van der Waals surface area contributed by atoms with Gasteiger partial charge in [0.1, 0.15) is 10.9 Å². The van der Waals surface area contributed by atoms with E-state index >= 15 is 0 Å². The van der Waals surface area contributed by atoms with E-state index in [4.69, 9.17) is 0 Å². The van der Waals surface area contributed by atoms with E-state index in [-0.39, 0.29) is 11.9 Å². The number of hydrogen-bond acceptors (Lipinski definition) is 5. The van der Waals surface area contributed by atoms with Gasteiger partial charge in [-0.25, -0.2) is 9.97 Å². The fraction of sp³-hybridized carbons (Fsp3) is 0.667. The lowest BCUT2D eigenvalue weighted by Crippen LogP contribution is -2.43. The molecule has 1 aromatic rings. The van der Waals surface area contributed by atoms with E-state index in [9.17, 15) is 9.90 Å². The SMILES string of the molecule is CSc1nc(C)nc(C)c1C(=O)NC1CCCCCC1O. The Bertz CT molecular complexity index is 522. The molecule has 0 aliphatic heterocycles. The molecule has 1 aliphatic rings. The Morgan fingerprint density at radius 2 is 1.95 bits per heavy atom. The van der Waals surface area contributed by atoms with Crippen LogP contribution >= 0.6 is 11.8 Å². The van der Waals surface area contributed by atoms with Crippen molar-refractivity contribution in [3.63, 3.8) is 0 Å². The number of aliphatic hydroxyl groups is 1. The van der Waals surface area contributed by atoms with Gasteiger partial charge < -0.3 is 10.4 Å². The quantitative estimate of drug-likeness (QED) is 0.509. The molecule has 5 nitrogen and oxygen atoms in total. The topological polar surface area (TPSA) is 75.1 Å². The first-order valence-corrected chi connectivity index (χ1v) is 8.63. The summed E-state index contributed by atoms with van der Waals surface area (Å²) >= 11 is 1.44. The summed E-state index contributed by atoms with van der Waals surface area (Å²) in [6.07, 6.45) is 6.21. The predicted octanol–water partition coefficient (Wildman–Crippen LogP) is 2.24. The molecule has 1 amide bonds. The van der Waals surface area contributed by atoms with Gasteiger partial charge in [-0.15, -0.1) is 11.8 Å². The number of hydrogen-bond donors (Lipinski definition) is 2. The molecule has 2 atom stereocenters. The normalized spacial score (nSPS) is 22.7. The summed E-state index contributed by atoms with van der Waals surface area (Å²) in [5.74, 6) is 0.491. The molecule has 1 aliphatic carbocycles. The molecule has 0 radical (unpaired) electrons. The van der Waals surface area contributed by atoms with Crippen molar-refractivity contribution >= 4 is 17.7 Å². The van der Waals surface area contributed by atoms with Gasteiger partial charge in [-0.05, 0) is 32.9 Å². The molecule has 0 bridgehead atoms. The van der Waals surface area contributed by atoms with Crippen molar-refractivity contribution < 1.29 is 9.90 Å². The Labute approximate surface area is 130 Å². The molecule has 116 valence electrons. The molecule has 2 N–H and O–H groups in total. The van der Waals surface area contributed by atoms with Crippen LogP contribution in [-0.4, -0.2) is 39.4 Å². The molecule has 1 fully saturated rings. The van der Waals surface area contributed by atoms with E-state index < -0.39 is 6.10 Å². The molecule has 2 rings (SSSR count). The summed E-state index contributed by atoms with van der Waals surface area (Å²) in [5.41, 5.74) is 1.22. The lowest BCUT2D eigenvalue weighted by atomic mass is 10.1. The van der Waals surface area contributed by atoms with Crippen molar-refractivity contribution in [2.75, 3.05) is 6.26 Å². The Balaban J connectivity index is 2.20. The van der Waals surface area contributed by atoms with Crippen molar-refractivity contribution in [2.24, 2.45) is 0 Å². The van der Waals surface area contributed by atoms with Crippen LogP contribution in [0.15, 0.2) is 5.03 Å². The van der Waals surface area contributed by atoms with Gasteiger partial charge in [-0.2, -0.15) is 0 Å². The second-order valence-electron chi connectivity index (χ2n) is 5.53. The van der Waals surface area contributed by atoms with Gasteiger partial charge >= 0.3 is 0 Å². The van der Waals surface area contributed by atoms with Crippen molar-refractivity contribution in [1.82, 2.24) is 15.3 Å². The number of aliphatic hydroxyl groups excluding tert-OH is 1. The number of aryl methyl sites for hydroxylation is 2. The van der Waals surface area contributed by atoms with Crippen molar-refractivity contribution in [3.05, 3.63) is 17.1 Å². The standard InChI is InChI=1S/C15H23N3O2S/c1-9-13(15(21-3)17-10(2)16-9)14(20)18-11-7-5-4-6-8-12(11)19/h11-12,19H,4-8H2,1-3H3,(H,18,20). The fourth-order valence-electron chi connectivity index (χ4n) is 2.79. The zero-order valence-corrected chi connectivity index (χ0v) is 13.7. The van der Waals surface area contributed by atoms with Crippen LogP contribution in [0.25, 0.3) is 0 Å². The molecule has 1 heterocycles. The van der Waals surface area contributed by atoms with Gasteiger partial charge in [0.2, 0.25) is 0 Å². The van der Waals surface area contributed by atoms with Crippen molar-refractivity contribution in [1.29, 1.82) is 0 Å². The monoisotopic (exact) mass is 309 g/mol. The summed E-state index contributed by atoms with van der Waals surface area (Å²) in [7, 11) is 0. The maximum atomic E-state index is 12.6. The molecule has 1 aromatic heterocycles. The minimum Gasteiger partial charge on any atom is -0.391 e. The van der Waals surface area contributed by atoms with Crippen LogP contribution in [-0.2, 0) is 0 Å². The Kier molecular flexibility index (Phi) is 5.58. The second-order valence-corrected chi connectivity index (χ2v) is 6.32. The van der Waals surface area contributed by atoms with Gasteiger partial charge in [-0.3, -0.25) is 4.79 Å². The third kappa shape index (κ3) is 3.95. The summed E-state index contributed by atoms with van der Waals surface area (Å²) in [6, 6.07) is -0.171. The van der Waals surface area contributed by atoms with Gasteiger partial charge in [0.15, 0.2) is 0 Å². The summed E-state index contributed by atoms with van der Waals surface area (Å²) in [4.78, 5) is 21.2. The summed E-state index contributed by atoms with van der Waals surface area (Å²) < 4.78 is 0. The predicted molar refractivity (Wildman–Crippen MR) is 83.6 cm³/mol. The minimum atomic E-state index is -0.458. The molecule has 6 heteroatoms. The molecule has 0 saturated heterocycles. The Hall–Kier alpha value is -1.14. The maximum Gasteiger partial charge on any atom is 0.256 e. The highest BCUT2D eigenvalue weighted by atomic mass is 32.2. The third-order valence-electron chi connectivity index (χ3n) is 3.88. The van der Waals surface area contributed by atoms with E-state index in [1.165, 1.54) is 11.8 Å². The van der Waals surface area contributed by atoms with Gasteiger partial charge in [0.05, 0.1) is 23.4 Å².